The number of likely N-dealkylation sites (tertiary alicyclic amines) is 2. The zero-order valence-electron chi connectivity index (χ0n) is 17.0. The van der Waals surface area contributed by atoms with Crippen LogP contribution in [0.3, 0.4) is 0 Å². The van der Waals surface area contributed by atoms with Gasteiger partial charge in [0.1, 0.15) is 0 Å². The van der Waals surface area contributed by atoms with E-state index in [1.807, 2.05) is 29.3 Å². The molecular weight excluding hydrogens is 364 g/mol. The quantitative estimate of drug-likeness (QED) is 0.800. The van der Waals surface area contributed by atoms with E-state index in [9.17, 15) is 9.59 Å². The molecular formula is C23H30N4O2. The van der Waals surface area contributed by atoms with Crippen LogP contribution in [0.25, 0.3) is 0 Å². The Morgan fingerprint density at radius 1 is 0.897 bits per heavy atom. The maximum Gasteiger partial charge on any atom is 0.257 e. The van der Waals surface area contributed by atoms with Crippen molar-refractivity contribution >= 4 is 11.8 Å². The Morgan fingerprint density at radius 3 is 2.28 bits per heavy atom. The molecule has 2 aromatic rings. The highest BCUT2D eigenvalue weighted by Crippen LogP contribution is 2.23. The molecule has 2 saturated heterocycles. The lowest BCUT2D eigenvalue weighted by Gasteiger charge is -2.33. The molecule has 2 fully saturated rings. The molecule has 0 N–H and O–H groups in total. The van der Waals surface area contributed by atoms with Gasteiger partial charge in [-0.15, -0.1) is 0 Å². The summed E-state index contributed by atoms with van der Waals surface area (Å²) >= 11 is 0. The van der Waals surface area contributed by atoms with Gasteiger partial charge >= 0.3 is 0 Å². The first kappa shape index (κ1) is 19.7. The van der Waals surface area contributed by atoms with Crippen LogP contribution in [-0.4, -0.2) is 57.6 Å². The van der Waals surface area contributed by atoms with E-state index in [4.69, 9.17) is 0 Å². The molecule has 0 radical (unpaired) electrons. The number of benzene rings is 1. The molecule has 154 valence electrons. The third-order valence-electron chi connectivity index (χ3n) is 6.12. The van der Waals surface area contributed by atoms with Crippen molar-refractivity contribution in [2.24, 2.45) is 5.92 Å². The monoisotopic (exact) mass is 394 g/mol. The maximum absolute atomic E-state index is 12.9. The molecule has 4 rings (SSSR count). The molecule has 1 aromatic heterocycles. The second-order valence-corrected chi connectivity index (χ2v) is 8.22. The fourth-order valence-electron chi connectivity index (χ4n) is 4.39. The van der Waals surface area contributed by atoms with Crippen LogP contribution >= 0.6 is 0 Å². The smallest absolute Gasteiger partial charge is 0.257 e. The number of aromatic nitrogens is 2. The molecule has 2 aliphatic rings. The standard InChI is InChI=1S/C23H30N4O2/c28-22(25-12-6-1-2-7-13-25)20-10-14-26(15-11-20)23(29)21-16-24-27(18-21)17-19-8-4-3-5-9-19/h3-5,8-9,16,18,20H,1-2,6-7,10-15,17H2. The fourth-order valence-corrected chi connectivity index (χ4v) is 4.39. The highest BCUT2D eigenvalue weighted by atomic mass is 16.2. The van der Waals surface area contributed by atoms with Crippen LogP contribution in [0.15, 0.2) is 42.7 Å². The molecule has 2 aliphatic heterocycles. The molecule has 0 saturated carbocycles. The first-order chi connectivity index (χ1) is 14.2. The highest BCUT2D eigenvalue weighted by Gasteiger charge is 2.31. The third-order valence-corrected chi connectivity index (χ3v) is 6.12. The Labute approximate surface area is 172 Å². The van der Waals surface area contributed by atoms with Gasteiger partial charge in [0, 0.05) is 38.3 Å². The number of amides is 2. The Hall–Kier alpha value is -2.63. The molecule has 1 aromatic carbocycles. The molecule has 6 heteroatoms. The molecule has 0 atom stereocenters. The van der Waals surface area contributed by atoms with E-state index in [2.05, 4.69) is 22.1 Å². The van der Waals surface area contributed by atoms with Crippen molar-refractivity contribution in [3.63, 3.8) is 0 Å². The van der Waals surface area contributed by atoms with Crippen LogP contribution < -0.4 is 0 Å². The van der Waals surface area contributed by atoms with Gasteiger partial charge in [0.25, 0.3) is 5.91 Å². The predicted molar refractivity (Wildman–Crippen MR) is 111 cm³/mol. The van der Waals surface area contributed by atoms with Gasteiger partial charge in [-0.3, -0.25) is 14.3 Å². The zero-order chi connectivity index (χ0) is 20.1. The van der Waals surface area contributed by atoms with Crippen molar-refractivity contribution < 1.29 is 9.59 Å². The fraction of sp³-hybridized carbons (Fsp3) is 0.522. The Morgan fingerprint density at radius 2 is 1.59 bits per heavy atom. The number of carbonyl (C=O) groups is 2. The van der Waals surface area contributed by atoms with Gasteiger partial charge in [0.15, 0.2) is 0 Å². The van der Waals surface area contributed by atoms with Crippen LogP contribution in [0, 0.1) is 5.92 Å². The van der Waals surface area contributed by atoms with Gasteiger partial charge in [-0.05, 0) is 31.2 Å². The lowest BCUT2D eigenvalue weighted by atomic mass is 9.94. The van der Waals surface area contributed by atoms with E-state index in [1.54, 1.807) is 10.9 Å². The summed E-state index contributed by atoms with van der Waals surface area (Å²) in [6.45, 7) is 3.75. The van der Waals surface area contributed by atoms with E-state index < -0.39 is 0 Å². The van der Waals surface area contributed by atoms with Crippen molar-refractivity contribution in [2.75, 3.05) is 26.2 Å². The molecule has 2 amide bonds. The first-order valence-corrected chi connectivity index (χ1v) is 10.8. The van der Waals surface area contributed by atoms with E-state index in [0.717, 1.165) is 44.3 Å². The minimum Gasteiger partial charge on any atom is -0.342 e. The number of hydrogen-bond donors (Lipinski definition) is 0. The molecule has 29 heavy (non-hydrogen) atoms. The molecule has 0 bridgehead atoms. The van der Waals surface area contributed by atoms with E-state index in [0.29, 0.717) is 31.1 Å². The first-order valence-electron chi connectivity index (χ1n) is 10.8. The van der Waals surface area contributed by atoms with Crippen LogP contribution in [-0.2, 0) is 11.3 Å². The molecule has 3 heterocycles. The Bertz CT molecular complexity index is 816. The number of nitrogens with zero attached hydrogens (tertiary/aromatic N) is 4. The second kappa shape index (κ2) is 9.25. The summed E-state index contributed by atoms with van der Waals surface area (Å²) in [5.41, 5.74) is 1.78. The highest BCUT2D eigenvalue weighted by molar-refractivity contribution is 5.94. The van der Waals surface area contributed by atoms with Gasteiger partial charge in [0.05, 0.1) is 18.3 Å². The summed E-state index contributed by atoms with van der Waals surface area (Å²) in [7, 11) is 0. The lowest BCUT2D eigenvalue weighted by Crippen LogP contribution is -2.44. The van der Waals surface area contributed by atoms with Crippen LogP contribution in [0.2, 0.25) is 0 Å². The van der Waals surface area contributed by atoms with Gasteiger partial charge in [-0.1, -0.05) is 43.2 Å². The van der Waals surface area contributed by atoms with Gasteiger partial charge in [-0.25, -0.2) is 0 Å². The van der Waals surface area contributed by atoms with Crippen molar-refractivity contribution in [3.05, 3.63) is 53.9 Å². The average molecular weight is 395 g/mol. The van der Waals surface area contributed by atoms with Gasteiger partial charge < -0.3 is 9.80 Å². The Balaban J connectivity index is 1.30. The maximum atomic E-state index is 12.9. The van der Waals surface area contributed by atoms with Crippen LogP contribution in [0.4, 0.5) is 0 Å². The lowest BCUT2D eigenvalue weighted by molar-refractivity contribution is -0.136. The summed E-state index contributed by atoms with van der Waals surface area (Å²) in [4.78, 5) is 29.6. The third kappa shape index (κ3) is 4.86. The predicted octanol–water partition coefficient (Wildman–Crippen LogP) is 3.19. The number of rotatable bonds is 4. The molecule has 0 unspecified atom stereocenters. The van der Waals surface area contributed by atoms with E-state index in [-0.39, 0.29) is 11.8 Å². The minimum absolute atomic E-state index is 0.0185. The summed E-state index contributed by atoms with van der Waals surface area (Å²) in [6.07, 6.45) is 9.71. The number of hydrogen-bond acceptors (Lipinski definition) is 3. The Kier molecular flexibility index (Phi) is 6.27. The van der Waals surface area contributed by atoms with Crippen molar-refractivity contribution in [2.45, 2.75) is 45.1 Å². The summed E-state index contributed by atoms with van der Waals surface area (Å²) in [6, 6.07) is 10.1. The minimum atomic E-state index is 0.0185. The average Bonchev–Trinajstić information content (AvgIpc) is 3.05. The second-order valence-electron chi connectivity index (χ2n) is 8.22. The summed E-state index contributed by atoms with van der Waals surface area (Å²) < 4.78 is 1.80. The van der Waals surface area contributed by atoms with Crippen molar-refractivity contribution in [1.29, 1.82) is 0 Å². The topological polar surface area (TPSA) is 58.4 Å². The van der Waals surface area contributed by atoms with Crippen molar-refractivity contribution in [3.8, 4) is 0 Å². The van der Waals surface area contributed by atoms with Gasteiger partial charge in [0.2, 0.25) is 5.91 Å². The van der Waals surface area contributed by atoms with Crippen molar-refractivity contribution in [1.82, 2.24) is 19.6 Å². The summed E-state index contributed by atoms with van der Waals surface area (Å²) in [5.74, 6) is 0.387. The molecule has 0 aliphatic carbocycles. The summed E-state index contributed by atoms with van der Waals surface area (Å²) in [5, 5.41) is 4.35. The number of carbonyl (C=O) groups excluding carboxylic acids is 2. The van der Waals surface area contributed by atoms with E-state index >= 15 is 0 Å². The molecule has 0 spiro atoms. The molecule has 6 nitrogen and oxygen atoms in total. The largest absolute Gasteiger partial charge is 0.342 e. The number of piperidine rings is 1. The van der Waals surface area contributed by atoms with Crippen LogP contribution in [0.5, 0.6) is 0 Å². The van der Waals surface area contributed by atoms with Crippen LogP contribution in [0.1, 0.15) is 54.4 Å². The normalized spacial score (nSPS) is 18.5. The zero-order valence-corrected chi connectivity index (χ0v) is 17.0. The SMILES string of the molecule is O=C(c1cnn(Cc2ccccc2)c1)N1CCC(C(=O)N2CCCCCC2)CC1. The van der Waals surface area contributed by atoms with E-state index in [1.165, 1.54) is 12.8 Å². The van der Waals surface area contributed by atoms with Gasteiger partial charge in [-0.2, -0.15) is 5.10 Å².